The maximum atomic E-state index is 13.0. The molecule has 1 aliphatic heterocycles. The zero-order chi connectivity index (χ0) is 16.6. The van der Waals surface area contributed by atoms with Crippen LogP contribution in [-0.2, 0) is 4.79 Å². The predicted molar refractivity (Wildman–Crippen MR) is 86.1 cm³/mol. The average molecular weight is 333 g/mol. The minimum absolute atomic E-state index is 0.239. The van der Waals surface area contributed by atoms with E-state index in [9.17, 15) is 19.1 Å². The Morgan fingerprint density at radius 3 is 2.65 bits per heavy atom. The van der Waals surface area contributed by atoms with Crippen molar-refractivity contribution in [1.29, 1.82) is 0 Å². The van der Waals surface area contributed by atoms with Crippen LogP contribution in [0.25, 0.3) is 11.1 Å². The van der Waals surface area contributed by atoms with Gasteiger partial charge in [0.1, 0.15) is 11.9 Å². The van der Waals surface area contributed by atoms with E-state index in [2.05, 4.69) is 0 Å². The third-order valence-electron chi connectivity index (χ3n) is 4.08. The van der Waals surface area contributed by atoms with Crippen molar-refractivity contribution in [2.24, 2.45) is 0 Å². The van der Waals surface area contributed by atoms with Crippen LogP contribution in [0.1, 0.15) is 27.4 Å². The maximum Gasteiger partial charge on any atom is 0.326 e. The zero-order valence-electron chi connectivity index (χ0n) is 12.6. The van der Waals surface area contributed by atoms with Crippen molar-refractivity contribution in [3.8, 4) is 11.1 Å². The number of amides is 1. The Balaban J connectivity index is 1.90. The van der Waals surface area contributed by atoms with Gasteiger partial charge in [0.25, 0.3) is 5.91 Å². The van der Waals surface area contributed by atoms with Gasteiger partial charge in [0.15, 0.2) is 0 Å². The molecule has 3 rings (SSSR count). The van der Waals surface area contributed by atoms with Gasteiger partial charge in [0.2, 0.25) is 0 Å². The van der Waals surface area contributed by atoms with Gasteiger partial charge >= 0.3 is 5.97 Å². The monoisotopic (exact) mass is 333 g/mol. The Hall–Kier alpha value is -2.21. The van der Waals surface area contributed by atoms with E-state index in [-0.39, 0.29) is 11.7 Å². The molecule has 2 aromatic rings. The Morgan fingerprint density at radius 1 is 1.30 bits per heavy atom. The Morgan fingerprint density at radius 2 is 2.00 bits per heavy atom. The lowest BCUT2D eigenvalue weighted by atomic mass is 10.1. The lowest BCUT2D eigenvalue weighted by Gasteiger charge is -2.20. The van der Waals surface area contributed by atoms with Crippen LogP contribution in [-0.4, -0.2) is 34.5 Å². The standard InChI is InChI=1S/C17H16FNO3S/c1-10-13(11-4-6-12(18)7-5-11)9-15(23-10)16(20)19-8-2-3-14(19)17(21)22/h4-7,9,14H,2-3,8H2,1H3,(H,21,22). The molecule has 0 spiro atoms. The highest BCUT2D eigenvalue weighted by molar-refractivity contribution is 7.14. The summed E-state index contributed by atoms with van der Waals surface area (Å²) in [5.74, 6) is -1.50. The summed E-state index contributed by atoms with van der Waals surface area (Å²) in [5.41, 5.74) is 1.72. The number of aryl methyl sites for hydroxylation is 1. The van der Waals surface area contributed by atoms with Gasteiger partial charge in [-0.2, -0.15) is 0 Å². The number of carbonyl (C=O) groups excluding carboxylic acids is 1. The summed E-state index contributed by atoms with van der Waals surface area (Å²) in [6, 6.07) is 7.15. The Labute approximate surface area is 137 Å². The number of carboxylic acid groups (broad SMARTS) is 1. The number of aliphatic carboxylic acids is 1. The smallest absolute Gasteiger partial charge is 0.326 e. The third kappa shape index (κ3) is 2.99. The molecular formula is C17H16FNO3S. The fourth-order valence-electron chi connectivity index (χ4n) is 2.91. The van der Waals surface area contributed by atoms with Gasteiger partial charge in [0.05, 0.1) is 4.88 Å². The summed E-state index contributed by atoms with van der Waals surface area (Å²) in [7, 11) is 0. The summed E-state index contributed by atoms with van der Waals surface area (Å²) >= 11 is 1.34. The van der Waals surface area contributed by atoms with Crippen molar-refractivity contribution >= 4 is 23.2 Å². The molecule has 2 heterocycles. The van der Waals surface area contributed by atoms with E-state index in [4.69, 9.17) is 0 Å². The zero-order valence-corrected chi connectivity index (χ0v) is 13.4. The Bertz CT molecular complexity index is 754. The second kappa shape index (κ2) is 6.12. The molecule has 1 unspecified atom stereocenters. The molecule has 1 atom stereocenters. The van der Waals surface area contributed by atoms with Crippen LogP contribution in [0.5, 0.6) is 0 Å². The second-order valence-electron chi connectivity index (χ2n) is 5.58. The van der Waals surface area contributed by atoms with Gasteiger partial charge < -0.3 is 10.0 Å². The molecule has 1 saturated heterocycles. The minimum atomic E-state index is -0.956. The van der Waals surface area contributed by atoms with Gasteiger partial charge in [-0.25, -0.2) is 9.18 Å². The van der Waals surface area contributed by atoms with E-state index in [1.165, 1.54) is 28.4 Å². The van der Waals surface area contributed by atoms with Gasteiger partial charge in [-0.05, 0) is 49.1 Å². The third-order valence-corrected chi connectivity index (χ3v) is 5.12. The topological polar surface area (TPSA) is 57.6 Å². The molecule has 0 aliphatic carbocycles. The molecule has 1 amide bonds. The molecule has 0 bridgehead atoms. The number of nitrogens with zero attached hydrogens (tertiary/aromatic N) is 1. The highest BCUT2D eigenvalue weighted by Gasteiger charge is 2.35. The van der Waals surface area contributed by atoms with Gasteiger partial charge in [-0.15, -0.1) is 11.3 Å². The van der Waals surface area contributed by atoms with E-state index < -0.39 is 12.0 Å². The van der Waals surface area contributed by atoms with E-state index in [0.717, 1.165) is 16.0 Å². The van der Waals surface area contributed by atoms with Crippen LogP contribution >= 0.6 is 11.3 Å². The van der Waals surface area contributed by atoms with Gasteiger partial charge in [-0.1, -0.05) is 12.1 Å². The number of carboxylic acids is 1. The normalized spacial score (nSPS) is 17.5. The molecule has 1 aromatic carbocycles. The first kappa shape index (κ1) is 15.7. The number of thiophene rings is 1. The van der Waals surface area contributed by atoms with E-state index in [1.807, 2.05) is 6.92 Å². The van der Waals surface area contributed by atoms with E-state index in [1.54, 1.807) is 18.2 Å². The molecular weight excluding hydrogens is 317 g/mol. The molecule has 0 radical (unpaired) electrons. The van der Waals surface area contributed by atoms with E-state index >= 15 is 0 Å². The molecule has 6 heteroatoms. The number of hydrogen-bond donors (Lipinski definition) is 1. The molecule has 120 valence electrons. The summed E-state index contributed by atoms with van der Waals surface area (Å²) < 4.78 is 13.0. The summed E-state index contributed by atoms with van der Waals surface area (Å²) in [4.78, 5) is 26.8. The number of benzene rings is 1. The minimum Gasteiger partial charge on any atom is -0.480 e. The SMILES string of the molecule is Cc1sc(C(=O)N2CCCC2C(=O)O)cc1-c1ccc(F)cc1. The summed E-state index contributed by atoms with van der Waals surface area (Å²) in [6.07, 6.45) is 1.20. The van der Waals surface area contributed by atoms with Crippen LogP contribution in [0.4, 0.5) is 4.39 Å². The van der Waals surface area contributed by atoms with Crippen molar-refractivity contribution in [1.82, 2.24) is 4.90 Å². The number of halogens is 1. The molecule has 1 N–H and O–H groups in total. The van der Waals surface area contributed by atoms with Crippen LogP contribution < -0.4 is 0 Å². The number of carbonyl (C=O) groups is 2. The molecule has 1 aliphatic rings. The van der Waals surface area contributed by atoms with E-state index in [0.29, 0.717) is 24.3 Å². The molecule has 4 nitrogen and oxygen atoms in total. The lowest BCUT2D eigenvalue weighted by Crippen LogP contribution is -2.40. The van der Waals surface area contributed by atoms with Crippen molar-refractivity contribution in [3.05, 3.63) is 45.9 Å². The predicted octanol–water partition coefficient (Wildman–Crippen LogP) is 3.55. The van der Waals surface area contributed by atoms with Crippen LogP contribution in [0, 0.1) is 12.7 Å². The number of rotatable bonds is 3. The highest BCUT2D eigenvalue weighted by Crippen LogP contribution is 2.33. The molecule has 23 heavy (non-hydrogen) atoms. The fraction of sp³-hybridized carbons (Fsp3) is 0.294. The molecule has 0 saturated carbocycles. The van der Waals surface area contributed by atoms with Crippen molar-refractivity contribution in [2.75, 3.05) is 6.54 Å². The average Bonchev–Trinajstić information content (AvgIpc) is 3.14. The summed E-state index contributed by atoms with van der Waals surface area (Å²) in [6.45, 7) is 2.37. The molecule has 1 aromatic heterocycles. The first-order valence-electron chi connectivity index (χ1n) is 7.37. The van der Waals surface area contributed by atoms with Crippen LogP contribution in [0.3, 0.4) is 0 Å². The van der Waals surface area contributed by atoms with Crippen molar-refractivity contribution in [3.63, 3.8) is 0 Å². The number of hydrogen-bond acceptors (Lipinski definition) is 3. The second-order valence-corrected chi connectivity index (χ2v) is 6.84. The summed E-state index contributed by atoms with van der Waals surface area (Å²) in [5, 5.41) is 9.22. The van der Waals surface area contributed by atoms with Gasteiger partial charge in [-0.3, -0.25) is 4.79 Å². The van der Waals surface area contributed by atoms with Crippen molar-refractivity contribution in [2.45, 2.75) is 25.8 Å². The first-order chi connectivity index (χ1) is 11.0. The lowest BCUT2D eigenvalue weighted by molar-refractivity contribution is -0.141. The quantitative estimate of drug-likeness (QED) is 0.934. The van der Waals surface area contributed by atoms with Gasteiger partial charge in [0, 0.05) is 11.4 Å². The fourth-order valence-corrected chi connectivity index (χ4v) is 3.91. The van der Waals surface area contributed by atoms with Crippen molar-refractivity contribution < 1.29 is 19.1 Å². The first-order valence-corrected chi connectivity index (χ1v) is 8.19. The molecule has 1 fully saturated rings. The number of likely N-dealkylation sites (tertiary alicyclic amines) is 1. The Kier molecular flexibility index (Phi) is 4.17. The largest absolute Gasteiger partial charge is 0.480 e. The van der Waals surface area contributed by atoms with Crippen LogP contribution in [0.15, 0.2) is 30.3 Å². The highest BCUT2D eigenvalue weighted by atomic mass is 32.1. The maximum absolute atomic E-state index is 13.0. The van der Waals surface area contributed by atoms with Crippen LogP contribution in [0.2, 0.25) is 0 Å².